The highest BCUT2D eigenvalue weighted by Crippen LogP contribution is 2.28. The van der Waals surface area contributed by atoms with Crippen LogP contribution in [0.5, 0.6) is 0 Å². The first-order valence-corrected chi connectivity index (χ1v) is 8.85. The van der Waals surface area contributed by atoms with Gasteiger partial charge in [0.15, 0.2) is 0 Å². The van der Waals surface area contributed by atoms with Crippen LogP contribution in [-0.2, 0) is 0 Å². The molecule has 0 radical (unpaired) electrons. The van der Waals surface area contributed by atoms with Gasteiger partial charge in [0.25, 0.3) is 0 Å². The molecule has 1 atom stereocenters. The molecule has 0 spiro atoms. The van der Waals surface area contributed by atoms with Crippen LogP contribution in [0, 0.1) is 0 Å². The Morgan fingerprint density at radius 2 is 1.76 bits per heavy atom. The minimum absolute atomic E-state index is 0.0503. The van der Waals surface area contributed by atoms with E-state index in [9.17, 15) is 0 Å². The first-order chi connectivity index (χ1) is 10.0. The number of nitrogens with zero attached hydrogens (tertiary/aromatic N) is 2. The van der Waals surface area contributed by atoms with Crippen molar-refractivity contribution in [3.05, 3.63) is 28.2 Å². The van der Waals surface area contributed by atoms with Crippen molar-refractivity contribution in [1.29, 1.82) is 0 Å². The maximum atomic E-state index is 6.14. The molecule has 1 unspecified atom stereocenters. The zero-order valence-electron chi connectivity index (χ0n) is 13.9. The lowest BCUT2D eigenvalue weighted by molar-refractivity contribution is 0.300. The number of rotatable bonds is 9. The van der Waals surface area contributed by atoms with Gasteiger partial charge < -0.3 is 15.5 Å². The average molecular weight is 356 g/mol. The van der Waals surface area contributed by atoms with E-state index in [1.54, 1.807) is 0 Å². The molecule has 2 N–H and O–H groups in total. The van der Waals surface area contributed by atoms with Gasteiger partial charge in [0.05, 0.1) is 0 Å². The lowest BCUT2D eigenvalue weighted by atomic mass is 10.1. The maximum Gasteiger partial charge on any atom is 0.0415 e. The Labute approximate surface area is 138 Å². The summed E-state index contributed by atoms with van der Waals surface area (Å²) in [5, 5.41) is 0. The van der Waals surface area contributed by atoms with E-state index in [0.717, 1.165) is 37.2 Å². The number of hydrogen-bond donors (Lipinski definition) is 1. The van der Waals surface area contributed by atoms with Crippen molar-refractivity contribution in [2.75, 3.05) is 37.6 Å². The second kappa shape index (κ2) is 9.44. The van der Waals surface area contributed by atoms with Crippen LogP contribution in [0.25, 0.3) is 0 Å². The van der Waals surface area contributed by atoms with E-state index in [4.69, 9.17) is 5.73 Å². The van der Waals surface area contributed by atoms with Crippen molar-refractivity contribution in [2.24, 2.45) is 5.73 Å². The van der Waals surface area contributed by atoms with Gasteiger partial charge in [0.1, 0.15) is 0 Å². The summed E-state index contributed by atoms with van der Waals surface area (Å²) in [7, 11) is 0. The average Bonchev–Trinajstić information content (AvgIpc) is 2.48. The highest BCUT2D eigenvalue weighted by molar-refractivity contribution is 9.10. The zero-order valence-corrected chi connectivity index (χ0v) is 15.5. The Bertz CT molecular complexity index is 416. The highest BCUT2D eigenvalue weighted by atomic mass is 79.9. The lowest BCUT2D eigenvalue weighted by Gasteiger charge is -2.28. The molecule has 1 aromatic carbocycles. The summed E-state index contributed by atoms with van der Waals surface area (Å²) in [6.07, 6.45) is 1.18. The first kappa shape index (κ1) is 18.5. The van der Waals surface area contributed by atoms with E-state index in [0.29, 0.717) is 0 Å². The molecule has 0 aromatic heterocycles. The summed E-state index contributed by atoms with van der Waals surface area (Å²) in [5.41, 5.74) is 8.63. The Balaban J connectivity index is 2.76. The normalized spacial score (nSPS) is 12.7. The highest BCUT2D eigenvalue weighted by Gasteiger charge is 2.13. The van der Waals surface area contributed by atoms with Gasteiger partial charge in [-0.15, -0.1) is 0 Å². The molecule has 0 aliphatic carbocycles. The number of hydrogen-bond acceptors (Lipinski definition) is 3. The van der Waals surface area contributed by atoms with Crippen LogP contribution >= 0.6 is 15.9 Å². The SMILES string of the molecule is CCN(CC)CCCN(CC)c1ccc(Br)cc1C(C)N. The molecule has 0 saturated carbocycles. The van der Waals surface area contributed by atoms with Gasteiger partial charge in [-0.25, -0.2) is 0 Å². The molecule has 1 rings (SSSR count). The summed E-state index contributed by atoms with van der Waals surface area (Å²) in [6.45, 7) is 14.2. The number of benzene rings is 1. The van der Waals surface area contributed by atoms with E-state index < -0.39 is 0 Å². The predicted octanol–water partition coefficient (Wildman–Crippen LogP) is 4.03. The van der Waals surface area contributed by atoms with E-state index in [2.05, 4.69) is 71.6 Å². The van der Waals surface area contributed by atoms with E-state index in [1.807, 2.05) is 0 Å². The molecule has 0 fully saturated rings. The maximum absolute atomic E-state index is 6.14. The fourth-order valence-corrected chi connectivity index (χ4v) is 3.03. The van der Waals surface area contributed by atoms with Crippen molar-refractivity contribution < 1.29 is 0 Å². The fourth-order valence-electron chi connectivity index (χ4n) is 2.65. The van der Waals surface area contributed by atoms with E-state index >= 15 is 0 Å². The monoisotopic (exact) mass is 355 g/mol. The van der Waals surface area contributed by atoms with Gasteiger partial charge in [0, 0.05) is 29.3 Å². The number of halogens is 1. The molecular weight excluding hydrogens is 326 g/mol. The van der Waals surface area contributed by atoms with E-state index in [1.165, 1.54) is 17.7 Å². The quantitative estimate of drug-likeness (QED) is 0.725. The third-order valence-electron chi connectivity index (χ3n) is 4.00. The van der Waals surface area contributed by atoms with Crippen molar-refractivity contribution in [3.63, 3.8) is 0 Å². The molecule has 4 heteroatoms. The predicted molar refractivity (Wildman–Crippen MR) is 97.0 cm³/mol. The van der Waals surface area contributed by atoms with Crippen molar-refractivity contribution in [3.8, 4) is 0 Å². The summed E-state index contributed by atoms with van der Waals surface area (Å²) in [5.74, 6) is 0. The van der Waals surface area contributed by atoms with Crippen LogP contribution in [0.1, 0.15) is 45.7 Å². The summed E-state index contributed by atoms with van der Waals surface area (Å²) >= 11 is 3.55. The van der Waals surface area contributed by atoms with Crippen LogP contribution in [0.2, 0.25) is 0 Å². The standard InChI is InChI=1S/C17H30BrN3/c1-5-20(6-2)11-8-12-21(7-3)17-10-9-15(18)13-16(17)14(4)19/h9-10,13-14H,5-8,11-12,19H2,1-4H3. The van der Waals surface area contributed by atoms with Gasteiger partial charge in [-0.3, -0.25) is 0 Å². The Hall–Kier alpha value is -0.580. The molecular formula is C17H30BrN3. The number of anilines is 1. The number of nitrogens with two attached hydrogens (primary N) is 1. The molecule has 21 heavy (non-hydrogen) atoms. The summed E-state index contributed by atoms with van der Waals surface area (Å²) in [6, 6.07) is 6.49. The van der Waals surface area contributed by atoms with Gasteiger partial charge >= 0.3 is 0 Å². The third-order valence-corrected chi connectivity index (χ3v) is 4.49. The van der Waals surface area contributed by atoms with E-state index in [-0.39, 0.29) is 6.04 Å². The molecule has 120 valence electrons. The van der Waals surface area contributed by atoms with Crippen LogP contribution in [-0.4, -0.2) is 37.6 Å². The molecule has 1 aromatic rings. The second-order valence-corrected chi connectivity index (χ2v) is 6.37. The molecule has 0 amide bonds. The Morgan fingerprint density at radius 3 is 2.29 bits per heavy atom. The zero-order chi connectivity index (χ0) is 15.8. The van der Waals surface area contributed by atoms with Crippen LogP contribution in [0.15, 0.2) is 22.7 Å². The van der Waals surface area contributed by atoms with Crippen LogP contribution in [0.4, 0.5) is 5.69 Å². The van der Waals surface area contributed by atoms with Gasteiger partial charge in [-0.1, -0.05) is 29.8 Å². The molecule has 3 nitrogen and oxygen atoms in total. The second-order valence-electron chi connectivity index (χ2n) is 5.45. The Morgan fingerprint density at radius 1 is 1.10 bits per heavy atom. The van der Waals surface area contributed by atoms with Gasteiger partial charge in [0.2, 0.25) is 0 Å². The van der Waals surface area contributed by atoms with Crippen molar-refractivity contribution in [2.45, 2.75) is 40.2 Å². The van der Waals surface area contributed by atoms with Gasteiger partial charge in [-0.05, 0) is 63.7 Å². The molecule has 0 saturated heterocycles. The molecule has 0 aliphatic rings. The van der Waals surface area contributed by atoms with Crippen molar-refractivity contribution in [1.82, 2.24) is 4.90 Å². The molecule has 0 heterocycles. The molecule has 0 aliphatic heterocycles. The van der Waals surface area contributed by atoms with Crippen LogP contribution < -0.4 is 10.6 Å². The third kappa shape index (κ3) is 5.61. The van der Waals surface area contributed by atoms with Crippen molar-refractivity contribution >= 4 is 21.6 Å². The Kier molecular flexibility index (Phi) is 8.30. The fraction of sp³-hybridized carbons (Fsp3) is 0.647. The van der Waals surface area contributed by atoms with Crippen LogP contribution in [0.3, 0.4) is 0 Å². The minimum Gasteiger partial charge on any atom is -0.371 e. The lowest BCUT2D eigenvalue weighted by Crippen LogP contribution is -2.30. The summed E-state index contributed by atoms with van der Waals surface area (Å²) < 4.78 is 1.10. The first-order valence-electron chi connectivity index (χ1n) is 8.05. The topological polar surface area (TPSA) is 32.5 Å². The summed E-state index contributed by atoms with van der Waals surface area (Å²) in [4.78, 5) is 4.91. The smallest absolute Gasteiger partial charge is 0.0415 e. The van der Waals surface area contributed by atoms with Gasteiger partial charge in [-0.2, -0.15) is 0 Å². The largest absolute Gasteiger partial charge is 0.371 e. The molecule has 0 bridgehead atoms. The minimum atomic E-state index is 0.0503.